The van der Waals surface area contributed by atoms with Crippen LogP contribution in [-0.2, 0) is 4.79 Å². The monoisotopic (exact) mass is 268 g/mol. The molecule has 0 aliphatic carbocycles. The third kappa shape index (κ3) is 3.94. The van der Waals surface area contributed by atoms with Gasteiger partial charge in [-0.05, 0) is 25.6 Å². The van der Waals surface area contributed by atoms with E-state index >= 15 is 0 Å². The molecular weight excluding hydrogens is 252 g/mol. The number of amides is 1. The number of hydrogen-bond donors (Lipinski definition) is 2. The van der Waals surface area contributed by atoms with Crippen LogP contribution in [0.2, 0.25) is 5.02 Å². The van der Waals surface area contributed by atoms with Crippen molar-refractivity contribution in [3.63, 3.8) is 0 Å². The summed E-state index contributed by atoms with van der Waals surface area (Å²) in [5, 5.41) is 6.60. The Bertz CT molecular complexity index is 405. The average molecular weight is 269 g/mol. The molecule has 2 N–H and O–H groups in total. The summed E-state index contributed by atoms with van der Waals surface area (Å²) in [4.78, 5) is 18.0. The predicted octanol–water partition coefficient (Wildman–Crippen LogP) is 0.969. The van der Waals surface area contributed by atoms with Crippen LogP contribution in [0, 0.1) is 0 Å². The molecular formula is C12H17ClN4O. The van der Waals surface area contributed by atoms with Crippen molar-refractivity contribution in [1.29, 1.82) is 0 Å². The molecule has 1 amide bonds. The molecule has 0 bridgehead atoms. The van der Waals surface area contributed by atoms with Gasteiger partial charge in [-0.25, -0.2) is 0 Å². The SMILES string of the molecule is O=C(CN1CCCNCC1)Nc1cnccc1Cl. The van der Waals surface area contributed by atoms with E-state index in [2.05, 4.69) is 20.5 Å². The number of halogens is 1. The summed E-state index contributed by atoms with van der Waals surface area (Å²) >= 11 is 5.96. The van der Waals surface area contributed by atoms with E-state index < -0.39 is 0 Å². The van der Waals surface area contributed by atoms with Crippen LogP contribution >= 0.6 is 11.6 Å². The molecule has 1 aromatic rings. The molecule has 1 fully saturated rings. The molecule has 1 saturated heterocycles. The zero-order chi connectivity index (χ0) is 12.8. The number of nitrogens with one attached hydrogen (secondary N) is 2. The van der Waals surface area contributed by atoms with Crippen LogP contribution in [0.5, 0.6) is 0 Å². The summed E-state index contributed by atoms with van der Waals surface area (Å²) in [6.45, 7) is 4.19. The van der Waals surface area contributed by atoms with Gasteiger partial charge in [0.05, 0.1) is 23.5 Å². The van der Waals surface area contributed by atoms with Crippen LogP contribution in [0.15, 0.2) is 18.5 Å². The smallest absolute Gasteiger partial charge is 0.238 e. The van der Waals surface area contributed by atoms with Crippen molar-refractivity contribution in [3.05, 3.63) is 23.5 Å². The zero-order valence-corrected chi connectivity index (χ0v) is 10.9. The first-order chi connectivity index (χ1) is 8.75. The van der Waals surface area contributed by atoms with Gasteiger partial charge in [0.1, 0.15) is 0 Å². The van der Waals surface area contributed by atoms with Crippen molar-refractivity contribution < 1.29 is 4.79 Å². The van der Waals surface area contributed by atoms with Gasteiger partial charge in [-0.15, -0.1) is 0 Å². The van der Waals surface area contributed by atoms with Crippen LogP contribution in [0.25, 0.3) is 0 Å². The van der Waals surface area contributed by atoms with E-state index in [0.29, 0.717) is 17.3 Å². The van der Waals surface area contributed by atoms with Crippen molar-refractivity contribution in [2.45, 2.75) is 6.42 Å². The van der Waals surface area contributed by atoms with Gasteiger partial charge >= 0.3 is 0 Å². The molecule has 2 rings (SSSR count). The molecule has 0 spiro atoms. The van der Waals surface area contributed by atoms with E-state index in [-0.39, 0.29) is 5.91 Å². The molecule has 0 unspecified atom stereocenters. The number of hydrogen-bond acceptors (Lipinski definition) is 4. The molecule has 0 radical (unpaired) electrons. The average Bonchev–Trinajstić information content (AvgIpc) is 2.61. The number of rotatable bonds is 3. The van der Waals surface area contributed by atoms with E-state index in [1.165, 1.54) is 0 Å². The number of carbonyl (C=O) groups is 1. The molecule has 1 aliphatic heterocycles. The summed E-state index contributed by atoms with van der Waals surface area (Å²) < 4.78 is 0. The van der Waals surface area contributed by atoms with E-state index in [4.69, 9.17) is 11.6 Å². The van der Waals surface area contributed by atoms with Gasteiger partial charge in [-0.3, -0.25) is 14.7 Å². The minimum atomic E-state index is -0.0493. The Morgan fingerprint density at radius 3 is 3.22 bits per heavy atom. The molecule has 2 heterocycles. The summed E-state index contributed by atoms with van der Waals surface area (Å²) in [7, 11) is 0. The molecule has 0 saturated carbocycles. The molecule has 5 nitrogen and oxygen atoms in total. The minimum absolute atomic E-state index is 0.0493. The number of pyridine rings is 1. The third-order valence-electron chi connectivity index (χ3n) is 2.84. The lowest BCUT2D eigenvalue weighted by atomic mass is 10.3. The van der Waals surface area contributed by atoms with Gasteiger partial charge in [0.15, 0.2) is 0 Å². The van der Waals surface area contributed by atoms with Gasteiger partial charge in [0.25, 0.3) is 0 Å². The van der Waals surface area contributed by atoms with Crippen molar-refractivity contribution in [2.75, 3.05) is 38.0 Å². The van der Waals surface area contributed by atoms with E-state index in [1.54, 1.807) is 18.5 Å². The van der Waals surface area contributed by atoms with Crippen LogP contribution in [-0.4, -0.2) is 48.5 Å². The molecule has 18 heavy (non-hydrogen) atoms. The van der Waals surface area contributed by atoms with E-state index in [0.717, 1.165) is 32.6 Å². The Labute approximate surface area is 112 Å². The molecule has 1 aliphatic rings. The highest BCUT2D eigenvalue weighted by atomic mass is 35.5. The normalized spacial score (nSPS) is 17.2. The second-order valence-corrected chi connectivity index (χ2v) is 4.69. The molecule has 1 aromatic heterocycles. The highest BCUT2D eigenvalue weighted by molar-refractivity contribution is 6.33. The van der Waals surface area contributed by atoms with Gasteiger partial charge in [-0.2, -0.15) is 0 Å². The zero-order valence-electron chi connectivity index (χ0n) is 10.2. The fourth-order valence-electron chi connectivity index (χ4n) is 1.92. The van der Waals surface area contributed by atoms with Gasteiger partial charge in [0, 0.05) is 19.3 Å². The van der Waals surface area contributed by atoms with Gasteiger partial charge in [0.2, 0.25) is 5.91 Å². The third-order valence-corrected chi connectivity index (χ3v) is 3.17. The maximum absolute atomic E-state index is 11.9. The van der Waals surface area contributed by atoms with Crippen LogP contribution in [0.1, 0.15) is 6.42 Å². The highest BCUT2D eigenvalue weighted by Gasteiger charge is 2.13. The molecule has 6 heteroatoms. The first-order valence-corrected chi connectivity index (χ1v) is 6.46. The summed E-state index contributed by atoms with van der Waals surface area (Å²) in [6.07, 6.45) is 4.23. The lowest BCUT2D eigenvalue weighted by Gasteiger charge is -2.18. The Kier molecular flexibility index (Phi) is 4.92. The lowest BCUT2D eigenvalue weighted by molar-refractivity contribution is -0.117. The Morgan fingerprint density at radius 1 is 1.50 bits per heavy atom. The Morgan fingerprint density at radius 2 is 2.39 bits per heavy atom. The molecule has 98 valence electrons. The topological polar surface area (TPSA) is 57.3 Å². The second kappa shape index (κ2) is 6.68. The Hall–Kier alpha value is -1.17. The molecule has 0 aromatic carbocycles. The van der Waals surface area contributed by atoms with Crippen molar-refractivity contribution in [1.82, 2.24) is 15.2 Å². The quantitative estimate of drug-likeness (QED) is 0.858. The van der Waals surface area contributed by atoms with Crippen molar-refractivity contribution in [2.24, 2.45) is 0 Å². The maximum Gasteiger partial charge on any atom is 0.238 e. The van der Waals surface area contributed by atoms with Crippen LogP contribution in [0.3, 0.4) is 0 Å². The summed E-state index contributed by atoms with van der Waals surface area (Å²) in [5.41, 5.74) is 0.567. The number of carbonyl (C=O) groups excluding carboxylic acids is 1. The lowest BCUT2D eigenvalue weighted by Crippen LogP contribution is -2.35. The number of nitrogens with zero attached hydrogens (tertiary/aromatic N) is 2. The van der Waals surface area contributed by atoms with E-state index in [9.17, 15) is 4.79 Å². The standard InChI is InChI=1S/C12H17ClN4O/c13-10-2-4-15-8-11(10)16-12(18)9-17-6-1-3-14-5-7-17/h2,4,8,14H,1,3,5-7,9H2,(H,16,18). The summed E-state index contributed by atoms with van der Waals surface area (Å²) in [5.74, 6) is -0.0493. The van der Waals surface area contributed by atoms with Crippen LogP contribution < -0.4 is 10.6 Å². The molecule has 0 atom stereocenters. The maximum atomic E-state index is 11.9. The number of anilines is 1. The number of aromatic nitrogens is 1. The van der Waals surface area contributed by atoms with Crippen molar-refractivity contribution in [3.8, 4) is 0 Å². The van der Waals surface area contributed by atoms with Crippen molar-refractivity contribution >= 4 is 23.2 Å². The largest absolute Gasteiger partial charge is 0.322 e. The fraction of sp³-hybridized carbons (Fsp3) is 0.500. The van der Waals surface area contributed by atoms with Crippen LogP contribution in [0.4, 0.5) is 5.69 Å². The fourth-order valence-corrected chi connectivity index (χ4v) is 2.07. The Balaban J connectivity index is 1.86. The first kappa shape index (κ1) is 13.3. The first-order valence-electron chi connectivity index (χ1n) is 6.08. The van der Waals surface area contributed by atoms with Gasteiger partial charge in [-0.1, -0.05) is 11.6 Å². The van der Waals surface area contributed by atoms with Gasteiger partial charge < -0.3 is 10.6 Å². The predicted molar refractivity (Wildman–Crippen MR) is 71.8 cm³/mol. The van der Waals surface area contributed by atoms with E-state index in [1.807, 2.05) is 0 Å². The second-order valence-electron chi connectivity index (χ2n) is 4.28. The highest BCUT2D eigenvalue weighted by Crippen LogP contribution is 2.18. The minimum Gasteiger partial charge on any atom is -0.322 e. The summed E-state index contributed by atoms with van der Waals surface area (Å²) in [6, 6.07) is 1.66.